The Labute approximate surface area is 196 Å². The molecule has 1 amide bonds. The summed E-state index contributed by atoms with van der Waals surface area (Å²) in [5.41, 5.74) is 2.98. The minimum Gasteiger partial charge on any atom is -0.330 e. The molecule has 5 aromatic rings. The molecule has 0 aromatic heterocycles. The molecule has 0 fully saturated rings. The maximum Gasteiger partial charge on any atom is 0.254 e. The average Bonchev–Trinajstić information content (AvgIpc) is 2.84. The SMILES string of the molecule is O=C(c1ccc(Br)cc1)N(Cc1ccccc1)Cc1c2ccccc2cc2ccccc12. The molecule has 32 heavy (non-hydrogen) atoms. The van der Waals surface area contributed by atoms with Crippen LogP contribution in [-0.2, 0) is 13.1 Å². The first kappa shape index (κ1) is 20.5. The average molecular weight is 480 g/mol. The first-order valence-corrected chi connectivity index (χ1v) is 11.5. The van der Waals surface area contributed by atoms with Gasteiger partial charge in [0.1, 0.15) is 0 Å². The molecule has 156 valence electrons. The van der Waals surface area contributed by atoms with E-state index in [2.05, 4.69) is 82.7 Å². The highest BCUT2D eigenvalue weighted by atomic mass is 79.9. The van der Waals surface area contributed by atoms with Crippen molar-refractivity contribution in [2.45, 2.75) is 13.1 Å². The van der Waals surface area contributed by atoms with Crippen LogP contribution in [0.5, 0.6) is 0 Å². The lowest BCUT2D eigenvalue weighted by Crippen LogP contribution is -2.30. The summed E-state index contributed by atoms with van der Waals surface area (Å²) in [7, 11) is 0. The Hall–Kier alpha value is -3.43. The van der Waals surface area contributed by atoms with Crippen molar-refractivity contribution in [1.82, 2.24) is 4.90 Å². The maximum absolute atomic E-state index is 13.6. The molecule has 0 aliphatic rings. The van der Waals surface area contributed by atoms with Crippen LogP contribution in [0.1, 0.15) is 21.5 Å². The molecule has 0 unspecified atom stereocenters. The van der Waals surface area contributed by atoms with Gasteiger partial charge < -0.3 is 4.90 Å². The van der Waals surface area contributed by atoms with E-state index in [1.54, 1.807) is 0 Å². The molecule has 0 atom stereocenters. The number of hydrogen-bond donors (Lipinski definition) is 0. The number of hydrogen-bond acceptors (Lipinski definition) is 1. The zero-order valence-corrected chi connectivity index (χ0v) is 19.1. The molecule has 0 saturated heterocycles. The summed E-state index contributed by atoms with van der Waals surface area (Å²) in [6, 6.07) is 36.9. The Morgan fingerprint density at radius 3 is 1.84 bits per heavy atom. The second kappa shape index (κ2) is 8.97. The van der Waals surface area contributed by atoms with Crippen LogP contribution >= 0.6 is 15.9 Å². The lowest BCUT2D eigenvalue weighted by Gasteiger charge is -2.25. The largest absolute Gasteiger partial charge is 0.330 e. The third-order valence-corrected chi connectivity index (χ3v) is 6.36. The fourth-order valence-electron chi connectivity index (χ4n) is 4.25. The van der Waals surface area contributed by atoms with E-state index in [1.807, 2.05) is 47.4 Å². The van der Waals surface area contributed by atoms with Crippen molar-refractivity contribution >= 4 is 43.4 Å². The number of carbonyl (C=O) groups is 1. The molecule has 5 aromatic carbocycles. The molecule has 5 rings (SSSR count). The van der Waals surface area contributed by atoms with E-state index in [1.165, 1.54) is 27.1 Å². The predicted octanol–water partition coefficient (Wildman–Crippen LogP) is 7.60. The van der Waals surface area contributed by atoms with E-state index in [0.29, 0.717) is 18.7 Å². The van der Waals surface area contributed by atoms with Crippen molar-refractivity contribution < 1.29 is 4.79 Å². The van der Waals surface area contributed by atoms with Gasteiger partial charge in [0.25, 0.3) is 5.91 Å². The van der Waals surface area contributed by atoms with Crippen LogP contribution in [0.4, 0.5) is 0 Å². The first-order valence-electron chi connectivity index (χ1n) is 10.7. The van der Waals surface area contributed by atoms with Crippen molar-refractivity contribution in [3.05, 3.63) is 130 Å². The van der Waals surface area contributed by atoms with Crippen LogP contribution in [-0.4, -0.2) is 10.8 Å². The predicted molar refractivity (Wildman–Crippen MR) is 136 cm³/mol. The summed E-state index contributed by atoms with van der Waals surface area (Å²) >= 11 is 3.47. The summed E-state index contributed by atoms with van der Waals surface area (Å²) in [5.74, 6) is 0.0263. The van der Waals surface area contributed by atoms with E-state index in [4.69, 9.17) is 0 Å². The highest BCUT2D eigenvalue weighted by Crippen LogP contribution is 2.30. The van der Waals surface area contributed by atoms with Crippen LogP contribution in [0, 0.1) is 0 Å². The smallest absolute Gasteiger partial charge is 0.254 e. The second-order valence-electron chi connectivity index (χ2n) is 7.95. The molecule has 0 N–H and O–H groups in total. The molecule has 3 heteroatoms. The lowest BCUT2D eigenvalue weighted by atomic mass is 9.96. The van der Waals surface area contributed by atoms with Crippen LogP contribution < -0.4 is 0 Å². The number of rotatable bonds is 5. The minimum absolute atomic E-state index is 0.0263. The van der Waals surface area contributed by atoms with E-state index in [-0.39, 0.29) is 5.91 Å². The third kappa shape index (κ3) is 4.17. The number of nitrogens with zero attached hydrogens (tertiary/aromatic N) is 1. The maximum atomic E-state index is 13.6. The van der Waals surface area contributed by atoms with Crippen molar-refractivity contribution in [1.29, 1.82) is 0 Å². The minimum atomic E-state index is 0.0263. The third-order valence-electron chi connectivity index (χ3n) is 5.83. The quantitative estimate of drug-likeness (QED) is 0.237. The normalized spacial score (nSPS) is 11.0. The molecule has 0 aliphatic heterocycles. The molecular weight excluding hydrogens is 458 g/mol. The molecule has 0 aliphatic carbocycles. The summed E-state index contributed by atoms with van der Waals surface area (Å²) in [5, 5.41) is 4.76. The van der Waals surface area contributed by atoms with Crippen LogP contribution in [0.25, 0.3) is 21.5 Å². The number of amides is 1. The lowest BCUT2D eigenvalue weighted by molar-refractivity contribution is 0.0731. The van der Waals surface area contributed by atoms with Crippen LogP contribution in [0.3, 0.4) is 0 Å². The van der Waals surface area contributed by atoms with Gasteiger partial charge in [-0.2, -0.15) is 0 Å². The van der Waals surface area contributed by atoms with Crippen molar-refractivity contribution in [2.24, 2.45) is 0 Å². The molecule has 2 nitrogen and oxygen atoms in total. The number of carbonyl (C=O) groups excluding carboxylic acids is 1. The van der Waals surface area contributed by atoms with Gasteiger partial charge in [0, 0.05) is 23.1 Å². The summed E-state index contributed by atoms with van der Waals surface area (Å²) < 4.78 is 0.962. The van der Waals surface area contributed by atoms with Gasteiger partial charge in [-0.25, -0.2) is 0 Å². The molecular formula is C29H22BrNO. The zero-order chi connectivity index (χ0) is 21.9. The molecule has 0 saturated carbocycles. The van der Waals surface area contributed by atoms with E-state index < -0.39 is 0 Å². The fourth-order valence-corrected chi connectivity index (χ4v) is 4.51. The highest BCUT2D eigenvalue weighted by Gasteiger charge is 2.19. The van der Waals surface area contributed by atoms with Gasteiger partial charge in [-0.15, -0.1) is 0 Å². The first-order chi connectivity index (χ1) is 15.7. The monoisotopic (exact) mass is 479 g/mol. The van der Waals surface area contributed by atoms with Gasteiger partial charge in [0.15, 0.2) is 0 Å². The Balaban J connectivity index is 1.62. The van der Waals surface area contributed by atoms with Gasteiger partial charge in [0.05, 0.1) is 0 Å². The summed E-state index contributed by atoms with van der Waals surface area (Å²) in [6.07, 6.45) is 0. The summed E-state index contributed by atoms with van der Waals surface area (Å²) in [4.78, 5) is 15.6. The fraction of sp³-hybridized carbons (Fsp3) is 0.0690. The molecule has 0 bridgehead atoms. The standard InChI is InChI=1S/C29H22BrNO/c30-25-16-14-22(15-17-25)29(32)31(19-21-8-2-1-3-9-21)20-28-26-12-6-4-10-23(26)18-24-11-5-7-13-27(24)28/h1-18H,19-20H2. The van der Waals surface area contributed by atoms with Crippen LogP contribution in [0.2, 0.25) is 0 Å². The van der Waals surface area contributed by atoms with Crippen LogP contribution in [0.15, 0.2) is 114 Å². The van der Waals surface area contributed by atoms with E-state index in [0.717, 1.165) is 10.0 Å². The number of benzene rings is 5. The molecule has 0 heterocycles. The molecule has 0 radical (unpaired) electrons. The zero-order valence-electron chi connectivity index (χ0n) is 17.5. The Morgan fingerprint density at radius 1 is 0.656 bits per heavy atom. The van der Waals surface area contributed by atoms with Gasteiger partial charge >= 0.3 is 0 Å². The summed E-state index contributed by atoms with van der Waals surface area (Å²) in [6.45, 7) is 1.08. The Kier molecular flexibility index (Phi) is 5.74. The Bertz CT molecular complexity index is 1340. The highest BCUT2D eigenvalue weighted by molar-refractivity contribution is 9.10. The van der Waals surface area contributed by atoms with Gasteiger partial charge in [-0.1, -0.05) is 94.8 Å². The van der Waals surface area contributed by atoms with Crippen molar-refractivity contribution in [3.63, 3.8) is 0 Å². The number of fused-ring (bicyclic) bond motifs is 2. The van der Waals surface area contributed by atoms with Gasteiger partial charge in [-0.05, 0) is 63.0 Å². The topological polar surface area (TPSA) is 20.3 Å². The Morgan fingerprint density at radius 2 is 1.22 bits per heavy atom. The van der Waals surface area contributed by atoms with Gasteiger partial charge in [-0.3, -0.25) is 4.79 Å². The molecule has 0 spiro atoms. The van der Waals surface area contributed by atoms with E-state index >= 15 is 0 Å². The second-order valence-corrected chi connectivity index (χ2v) is 8.87. The van der Waals surface area contributed by atoms with Crippen molar-refractivity contribution in [2.75, 3.05) is 0 Å². The van der Waals surface area contributed by atoms with Gasteiger partial charge in [0.2, 0.25) is 0 Å². The number of halogens is 1. The van der Waals surface area contributed by atoms with Crippen molar-refractivity contribution in [3.8, 4) is 0 Å². The van der Waals surface area contributed by atoms with E-state index in [9.17, 15) is 4.79 Å².